The number of aliphatic carboxylic acids is 1. The molecule has 2 N–H and O–H groups in total. The molecule has 0 atom stereocenters. The Labute approximate surface area is 136 Å². The maximum atomic E-state index is 12.4. The van der Waals surface area contributed by atoms with E-state index in [0.29, 0.717) is 27.8 Å². The molecule has 0 radical (unpaired) electrons. The van der Waals surface area contributed by atoms with Crippen LogP contribution in [0.3, 0.4) is 0 Å². The van der Waals surface area contributed by atoms with Crippen LogP contribution in [0.5, 0.6) is 0 Å². The van der Waals surface area contributed by atoms with Gasteiger partial charge in [0.05, 0.1) is 22.7 Å². The molecule has 1 aromatic heterocycles. The first-order chi connectivity index (χ1) is 11.0. The van der Waals surface area contributed by atoms with E-state index in [2.05, 4.69) is 5.32 Å². The Hall–Kier alpha value is -2.79. The van der Waals surface area contributed by atoms with Crippen LogP contribution in [0, 0.1) is 0 Å². The fourth-order valence-electron chi connectivity index (χ4n) is 2.29. The Morgan fingerprint density at radius 1 is 1.17 bits per heavy atom. The van der Waals surface area contributed by atoms with E-state index in [4.69, 9.17) is 21.1 Å². The van der Waals surface area contributed by atoms with Gasteiger partial charge >= 0.3 is 5.97 Å². The van der Waals surface area contributed by atoms with Gasteiger partial charge in [-0.15, -0.1) is 0 Å². The van der Waals surface area contributed by atoms with E-state index in [1.54, 1.807) is 24.3 Å². The highest BCUT2D eigenvalue weighted by molar-refractivity contribution is 6.34. The van der Waals surface area contributed by atoms with Crippen LogP contribution in [-0.2, 0) is 11.2 Å². The minimum atomic E-state index is -0.942. The Balaban J connectivity index is 1.84. The molecular formula is C17H12ClNO4. The first-order valence-electron chi connectivity index (χ1n) is 6.82. The number of benzene rings is 2. The zero-order valence-corrected chi connectivity index (χ0v) is 12.6. The summed E-state index contributed by atoms with van der Waals surface area (Å²) < 4.78 is 5.34. The van der Waals surface area contributed by atoms with Gasteiger partial charge in [-0.25, -0.2) is 0 Å². The zero-order chi connectivity index (χ0) is 16.4. The van der Waals surface area contributed by atoms with Gasteiger partial charge in [0.25, 0.3) is 5.91 Å². The normalized spacial score (nSPS) is 10.7. The first-order valence-corrected chi connectivity index (χ1v) is 7.20. The number of anilines is 1. The predicted octanol–water partition coefficient (Wildman–Crippen LogP) is 3.97. The topological polar surface area (TPSA) is 79.5 Å². The lowest BCUT2D eigenvalue weighted by molar-refractivity contribution is -0.136. The third kappa shape index (κ3) is 3.19. The molecule has 116 valence electrons. The Kier molecular flexibility index (Phi) is 4.04. The van der Waals surface area contributed by atoms with E-state index >= 15 is 0 Å². The molecule has 2 aromatic carbocycles. The van der Waals surface area contributed by atoms with Gasteiger partial charge in [-0.05, 0) is 23.8 Å². The van der Waals surface area contributed by atoms with Crippen molar-refractivity contribution in [3.8, 4) is 0 Å². The molecule has 0 aliphatic heterocycles. The Morgan fingerprint density at radius 2 is 1.96 bits per heavy atom. The molecule has 0 aliphatic rings. The van der Waals surface area contributed by atoms with E-state index in [-0.39, 0.29) is 17.4 Å². The second-order valence-corrected chi connectivity index (χ2v) is 5.39. The lowest BCUT2D eigenvalue weighted by atomic mass is 10.1. The SMILES string of the molecule is O=C(O)Cc1ccc(NC(=O)c2coc3ccccc23)c(Cl)c1. The maximum Gasteiger partial charge on any atom is 0.307 e. The number of carboxylic acids is 1. The second-order valence-electron chi connectivity index (χ2n) is 4.98. The van der Waals surface area contributed by atoms with Crippen molar-refractivity contribution < 1.29 is 19.1 Å². The van der Waals surface area contributed by atoms with Crippen LogP contribution >= 0.6 is 11.6 Å². The van der Waals surface area contributed by atoms with Gasteiger partial charge < -0.3 is 14.8 Å². The first kappa shape index (κ1) is 15.1. The standard InChI is InChI=1S/C17H12ClNO4/c18-13-7-10(8-16(20)21)5-6-14(13)19-17(22)12-9-23-15-4-2-1-3-11(12)15/h1-7,9H,8H2,(H,19,22)(H,20,21). The smallest absolute Gasteiger partial charge is 0.307 e. The van der Waals surface area contributed by atoms with Gasteiger partial charge in [-0.3, -0.25) is 9.59 Å². The highest BCUT2D eigenvalue weighted by Gasteiger charge is 2.15. The third-order valence-corrected chi connectivity index (χ3v) is 3.68. The molecule has 0 fully saturated rings. The summed E-state index contributed by atoms with van der Waals surface area (Å²) in [7, 11) is 0. The van der Waals surface area contributed by atoms with Crippen LogP contribution in [0.15, 0.2) is 53.1 Å². The molecule has 1 heterocycles. The lowest BCUT2D eigenvalue weighted by Crippen LogP contribution is -2.12. The second kappa shape index (κ2) is 6.14. The number of furan rings is 1. The van der Waals surface area contributed by atoms with Crippen LogP contribution in [0.4, 0.5) is 5.69 Å². The molecule has 23 heavy (non-hydrogen) atoms. The molecule has 3 rings (SSSR count). The molecule has 0 bridgehead atoms. The van der Waals surface area contributed by atoms with E-state index < -0.39 is 5.97 Å². The van der Waals surface area contributed by atoms with Gasteiger partial charge in [-0.1, -0.05) is 35.9 Å². The average molecular weight is 330 g/mol. The van der Waals surface area contributed by atoms with Crippen molar-refractivity contribution in [2.75, 3.05) is 5.32 Å². The van der Waals surface area contributed by atoms with Gasteiger partial charge in [0, 0.05) is 5.39 Å². The van der Waals surface area contributed by atoms with Crippen LogP contribution < -0.4 is 5.32 Å². The third-order valence-electron chi connectivity index (χ3n) is 3.36. The van der Waals surface area contributed by atoms with Crippen molar-refractivity contribution in [3.63, 3.8) is 0 Å². The minimum Gasteiger partial charge on any atom is -0.481 e. The molecule has 0 spiro atoms. The number of hydrogen-bond acceptors (Lipinski definition) is 3. The number of nitrogens with one attached hydrogen (secondary N) is 1. The molecule has 6 heteroatoms. The number of hydrogen-bond donors (Lipinski definition) is 2. The Bertz CT molecular complexity index is 900. The van der Waals surface area contributed by atoms with Crippen LogP contribution in [0.2, 0.25) is 5.02 Å². The van der Waals surface area contributed by atoms with Gasteiger partial charge in [0.1, 0.15) is 11.8 Å². The molecule has 5 nitrogen and oxygen atoms in total. The predicted molar refractivity (Wildman–Crippen MR) is 87.0 cm³/mol. The summed E-state index contributed by atoms with van der Waals surface area (Å²) in [4.78, 5) is 23.1. The van der Waals surface area contributed by atoms with Crippen molar-refractivity contribution in [3.05, 3.63) is 64.9 Å². The van der Waals surface area contributed by atoms with Crippen molar-refractivity contribution in [1.82, 2.24) is 0 Å². The van der Waals surface area contributed by atoms with Gasteiger partial charge in [-0.2, -0.15) is 0 Å². The zero-order valence-electron chi connectivity index (χ0n) is 11.9. The van der Waals surface area contributed by atoms with Gasteiger partial charge in [0.15, 0.2) is 0 Å². The molecule has 1 amide bonds. The number of para-hydroxylation sites is 1. The number of rotatable bonds is 4. The van der Waals surface area contributed by atoms with Crippen molar-refractivity contribution in [1.29, 1.82) is 0 Å². The maximum absolute atomic E-state index is 12.4. The number of carboxylic acid groups (broad SMARTS) is 1. The summed E-state index contributed by atoms with van der Waals surface area (Å²) in [6.07, 6.45) is 1.27. The number of carbonyl (C=O) groups excluding carboxylic acids is 1. The van der Waals surface area contributed by atoms with E-state index in [9.17, 15) is 9.59 Å². The van der Waals surface area contributed by atoms with E-state index in [1.165, 1.54) is 12.3 Å². The summed E-state index contributed by atoms with van der Waals surface area (Å²) in [5.74, 6) is -1.29. The van der Waals surface area contributed by atoms with E-state index in [1.807, 2.05) is 12.1 Å². The van der Waals surface area contributed by atoms with Crippen molar-refractivity contribution in [2.24, 2.45) is 0 Å². The fourth-order valence-corrected chi connectivity index (χ4v) is 2.54. The molecular weight excluding hydrogens is 318 g/mol. The number of fused-ring (bicyclic) bond motifs is 1. The number of carbonyl (C=O) groups is 2. The summed E-state index contributed by atoms with van der Waals surface area (Å²) >= 11 is 6.11. The fraction of sp³-hybridized carbons (Fsp3) is 0.0588. The molecule has 0 saturated heterocycles. The Morgan fingerprint density at radius 3 is 2.70 bits per heavy atom. The highest BCUT2D eigenvalue weighted by atomic mass is 35.5. The molecule has 0 saturated carbocycles. The van der Waals surface area contributed by atoms with E-state index in [0.717, 1.165) is 0 Å². The lowest BCUT2D eigenvalue weighted by Gasteiger charge is -2.08. The molecule has 0 unspecified atom stereocenters. The van der Waals surface area contributed by atoms with Crippen LogP contribution in [0.25, 0.3) is 11.0 Å². The van der Waals surface area contributed by atoms with Crippen molar-refractivity contribution >= 4 is 40.1 Å². The quantitative estimate of drug-likeness (QED) is 0.759. The molecule has 0 aliphatic carbocycles. The average Bonchev–Trinajstić information content (AvgIpc) is 2.93. The summed E-state index contributed by atoms with van der Waals surface area (Å²) in [5.41, 5.74) is 2.01. The van der Waals surface area contributed by atoms with Crippen molar-refractivity contribution in [2.45, 2.75) is 6.42 Å². The summed E-state index contributed by atoms with van der Waals surface area (Å²) in [6, 6.07) is 11.9. The summed E-state index contributed by atoms with van der Waals surface area (Å²) in [6.45, 7) is 0. The highest BCUT2D eigenvalue weighted by Crippen LogP contribution is 2.26. The largest absolute Gasteiger partial charge is 0.481 e. The minimum absolute atomic E-state index is 0.125. The van der Waals surface area contributed by atoms with Crippen LogP contribution in [0.1, 0.15) is 15.9 Å². The molecule has 3 aromatic rings. The van der Waals surface area contributed by atoms with Gasteiger partial charge in [0.2, 0.25) is 0 Å². The monoisotopic (exact) mass is 329 g/mol. The number of halogens is 1. The summed E-state index contributed by atoms with van der Waals surface area (Å²) in [5, 5.41) is 12.5. The number of amides is 1. The van der Waals surface area contributed by atoms with Crippen LogP contribution in [-0.4, -0.2) is 17.0 Å².